The second-order valence-corrected chi connectivity index (χ2v) is 6.96. The minimum Gasteiger partial charge on any atom is -0.484 e. The molecule has 0 radical (unpaired) electrons. The normalized spacial score (nSPS) is 15.3. The number of ether oxygens (including phenoxy) is 1. The summed E-state index contributed by atoms with van der Waals surface area (Å²) in [7, 11) is 0. The summed E-state index contributed by atoms with van der Waals surface area (Å²) < 4.78 is 7.70. The zero-order valence-corrected chi connectivity index (χ0v) is 15.0. The van der Waals surface area contributed by atoms with Crippen molar-refractivity contribution in [3.63, 3.8) is 0 Å². The lowest BCUT2D eigenvalue weighted by molar-refractivity contribution is 0.0836. The van der Waals surface area contributed by atoms with Crippen LogP contribution in [0.25, 0.3) is 5.82 Å². The molecule has 0 unspecified atom stereocenters. The molecule has 0 saturated carbocycles. The van der Waals surface area contributed by atoms with Gasteiger partial charge >= 0.3 is 0 Å². The monoisotopic (exact) mass is 348 g/mol. The Hall–Kier alpha value is -3.15. The van der Waals surface area contributed by atoms with E-state index in [1.165, 1.54) is 0 Å². The quantitative estimate of drug-likeness (QED) is 0.712. The second-order valence-electron chi connectivity index (χ2n) is 6.96. The van der Waals surface area contributed by atoms with Crippen molar-refractivity contribution in [2.45, 2.75) is 26.4 Å². The third-order valence-corrected chi connectivity index (χ3v) is 4.43. The molecule has 26 heavy (non-hydrogen) atoms. The van der Waals surface area contributed by atoms with E-state index >= 15 is 0 Å². The van der Waals surface area contributed by atoms with Crippen molar-refractivity contribution in [1.82, 2.24) is 14.8 Å². The van der Waals surface area contributed by atoms with Crippen molar-refractivity contribution in [3.05, 3.63) is 66.1 Å². The fourth-order valence-electron chi connectivity index (χ4n) is 3.22. The largest absolute Gasteiger partial charge is 0.484 e. The molecule has 1 aliphatic rings. The molecule has 1 amide bonds. The Balaban J connectivity index is 1.74. The summed E-state index contributed by atoms with van der Waals surface area (Å²) in [5.41, 5.74) is 1.63. The number of aromatic nitrogens is 3. The maximum Gasteiger partial charge on any atom is 0.262 e. The number of fused-ring (bicyclic) bond motifs is 1. The summed E-state index contributed by atoms with van der Waals surface area (Å²) in [6.07, 6.45) is 3.32. The van der Waals surface area contributed by atoms with Gasteiger partial charge in [-0.1, -0.05) is 18.2 Å². The van der Waals surface area contributed by atoms with E-state index in [1.807, 2.05) is 63.2 Å². The van der Waals surface area contributed by atoms with Gasteiger partial charge in [-0.25, -0.2) is 9.67 Å². The number of carbonyl (C=O) groups is 1. The van der Waals surface area contributed by atoms with Crippen molar-refractivity contribution in [1.29, 1.82) is 0 Å². The lowest BCUT2D eigenvalue weighted by atomic mass is 10.0. The number of nitrogens with zero attached hydrogens (tertiary/aromatic N) is 4. The first kappa shape index (κ1) is 16.3. The summed E-state index contributed by atoms with van der Waals surface area (Å²) in [6.45, 7) is 6.31. The van der Waals surface area contributed by atoms with Crippen LogP contribution in [-0.2, 0) is 0 Å². The molecule has 0 aliphatic carbocycles. The molecule has 0 atom stereocenters. The Morgan fingerprint density at radius 2 is 1.92 bits per heavy atom. The molecule has 0 fully saturated rings. The van der Waals surface area contributed by atoms with E-state index in [1.54, 1.807) is 22.0 Å². The summed E-state index contributed by atoms with van der Waals surface area (Å²) in [5, 5.41) is 4.37. The number of pyridine rings is 1. The van der Waals surface area contributed by atoms with Gasteiger partial charge in [-0.05, 0) is 45.0 Å². The van der Waals surface area contributed by atoms with Crippen LogP contribution in [0.4, 0.5) is 5.69 Å². The highest BCUT2D eigenvalue weighted by Crippen LogP contribution is 2.37. The van der Waals surface area contributed by atoms with Crippen LogP contribution in [0, 0.1) is 6.92 Å². The van der Waals surface area contributed by atoms with Crippen molar-refractivity contribution in [2.75, 3.05) is 11.4 Å². The van der Waals surface area contributed by atoms with E-state index in [0.717, 1.165) is 11.4 Å². The molecule has 3 aromatic rings. The van der Waals surface area contributed by atoms with Gasteiger partial charge in [0.05, 0.1) is 29.7 Å². The molecule has 0 spiro atoms. The third-order valence-electron chi connectivity index (χ3n) is 4.43. The fraction of sp³-hybridized carbons (Fsp3) is 0.250. The molecule has 2 aromatic heterocycles. The summed E-state index contributed by atoms with van der Waals surface area (Å²) in [6, 6.07) is 13.2. The van der Waals surface area contributed by atoms with Crippen molar-refractivity contribution in [2.24, 2.45) is 0 Å². The van der Waals surface area contributed by atoms with Gasteiger partial charge in [0, 0.05) is 6.20 Å². The standard InChI is InChI=1S/C20H20N4O2/c1-14-15(12-22-24(14)18-10-6-7-11-21-18)19(25)23-13-20(2,3)26-17-9-5-4-8-16(17)23/h4-12H,13H2,1-3H3. The molecule has 0 bridgehead atoms. The maximum atomic E-state index is 13.3. The van der Waals surface area contributed by atoms with Gasteiger partial charge in [0.2, 0.25) is 0 Å². The molecule has 6 nitrogen and oxygen atoms in total. The zero-order chi connectivity index (χ0) is 18.3. The van der Waals surface area contributed by atoms with Gasteiger partial charge in [0.1, 0.15) is 11.4 Å². The number of carbonyl (C=O) groups excluding carboxylic acids is 1. The average molecular weight is 348 g/mol. The first-order valence-corrected chi connectivity index (χ1v) is 8.52. The van der Waals surface area contributed by atoms with Crippen molar-refractivity contribution >= 4 is 11.6 Å². The first-order valence-electron chi connectivity index (χ1n) is 8.52. The SMILES string of the molecule is Cc1c(C(=O)N2CC(C)(C)Oc3ccccc32)cnn1-c1ccccn1. The number of benzene rings is 1. The molecule has 0 N–H and O–H groups in total. The van der Waals surface area contributed by atoms with E-state index in [2.05, 4.69) is 10.1 Å². The number of para-hydroxylation sites is 2. The average Bonchev–Trinajstić information content (AvgIpc) is 3.02. The Kier molecular flexibility index (Phi) is 3.76. The van der Waals surface area contributed by atoms with Crippen molar-refractivity contribution < 1.29 is 9.53 Å². The van der Waals surface area contributed by atoms with Crippen LogP contribution in [0.1, 0.15) is 29.9 Å². The Morgan fingerprint density at radius 1 is 1.15 bits per heavy atom. The van der Waals surface area contributed by atoms with Gasteiger partial charge in [-0.15, -0.1) is 0 Å². The third kappa shape index (κ3) is 2.73. The van der Waals surface area contributed by atoms with E-state index in [-0.39, 0.29) is 5.91 Å². The van der Waals surface area contributed by atoms with Crippen molar-refractivity contribution in [3.8, 4) is 11.6 Å². The number of hydrogen-bond donors (Lipinski definition) is 0. The van der Waals surface area contributed by atoms with E-state index in [0.29, 0.717) is 23.7 Å². The maximum absolute atomic E-state index is 13.3. The highest BCUT2D eigenvalue weighted by atomic mass is 16.5. The fourth-order valence-corrected chi connectivity index (χ4v) is 3.22. The number of rotatable bonds is 2. The van der Waals surface area contributed by atoms with Crippen LogP contribution in [0.15, 0.2) is 54.9 Å². The Morgan fingerprint density at radius 3 is 2.69 bits per heavy atom. The van der Waals surface area contributed by atoms with Gasteiger partial charge in [-0.3, -0.25) is 4.79 Å². The summed E-state index contributed by atoms with van der Waals surface area (Å²) >= 11 is 0. The van der Waals surface area contributed by atoms with Crippen LogP contribution >= 0.6 is 0 Å². The molecule has 0 saturated heterocycles. The van der Waals surface area contributed by atoms with Crippen LogP contribution in [0.2, 0.25) is 0 Å². The molecule has 3 heterocycles. The number of anilines is 1. The van der Waals surface area contributed by atoms with Crippen LogP contribution in [0.3, 0.4) is 0 Å². The summed E-state index contributed by atoms with van der Waals surface area (Å²) in [4.78, 5) is 19.4. The predicted octanol–water partition coefficient (Wildman–Crippen LogP) is 3.39. The van der Waals surface area contributed by atoms with Crippen LogP contribution in [0.5, 0.6) is 5.75 Å². The van der Waals surface area contributed by atoms with Crippen LogP contribution < -0.4 is 9.64 Å². The van der Waals surface area contributed by atoms with Crippen LogP contribution in [-0.4, -0.2) is 32.8 Å². The molecule has 132 valence electrons. The van der Waals surface area contributed by atoms with Gasteiger partial charge in [0.25, 0.3) is 5.91 Å². The number of hydrogen-bond acceptors (Lipinski definition) is 4. The Bertz CT molecular complexity index is 963. The Labute approximate surface area is 152 Å². The topological polar surface area (TPSA) is 60.3 Å². The first-order chi connectivity index (χ1) is 12.5. The molecular formula is C20H20N4O2. The lowest BCUT2D eigenvalue weighted by Crippen LogP contribution is -2.49. The highest BCUT2D eigenvalue weighted by molar-refractivity contribution is 6.07. The zero-order valence-electron chi connectivity index (χ0n) is 15.0. The van der Waals surface area contributed by atoms with E-state index < -0.39 is 5.60 Å². The summed E-state index contributed by atoms with van der Waals surface area (Å²) in [5.74, 6) is 1.31. The minimum absolute atomic E-state index is 0.0893. The smallest absolute Gasteiger partial charge is 0.262 e. The molecular weight excluding hydrogens is 328 g/mol. The number of amides is 1. The molecule has 4 rings (SSSR count). The predicted molar refractivity (Wildman–Crippen MR) is 98.9 cm³/mol. The van der Waals surface area contributed by atoms with Gasteiger partial charge in [-0.2, -0.15) is 5.10 Å². The molecule has 6 heteroatoms. The highest BCUT2D eigenvalue weighted by Gasteiger charge is 2.36. The van der Waals surface area contributed by atoms with E-state index in [4.69, 9.17) is 4.74 Å². The second kappa shape index (κ2) is 5.98. The lowest BCUT2D eigenvalue weighted by Gasteiger charge is -2.39. The molecule has 1 aliphatic heterocycles. The minimum atomic E-state index is -0.463. The van der Waals surface area contributed by atoms with Gasteiger partial charge < -0.3 is 9.64 Å². The van der Waals surface area contributed by atoms with Gasteiger partial charge in [0.15, 0.2) is 5.82 Å². The van der Waals surface area contributed by atoms with E-state index in [9.17, 15) is 4.79 Å². The molecule has 1 aromatic carbocycles.